The van der Waals surface area contributed by atoms with Gasteiger partial charge in [-0.1, -0.05) is 0 Å². The molecule has 0 unspecified atom stereocenters. The fraction of sp³-hybridized carbons (Fsp3) is 0.625. The molecule has 0 amide bonds. The quantitative estimate of drug-likeness (QED) is 0.738. The zero-order chi connectivity index (χ0) is 11.8. The molecule has 8 heteroatoms. The summed E-state index contributed by atoms with van der Waals surface area (Å²) in [4.78, 5) is 11.7. The first-order valence-corrected chi connectivity index (χ1v) is 6.69. The summed E-state index contributed by atoms with van der Waals surface area (Å²) in [5.74, 6) is -0.0848. The average Bonchev–Trinajstić information content (AvgIpc) is 2.72. The predicted molar refractivity (Wildman–Crippen MR) is 56.4 cm³/mol. The van der Waals surface area contributed by atoms with Gasteiger partial charge in [0.1, 0.15) is 6.33 Å². The van der Waals surface area contributed by atoms with E-state index in [4.69, 9.17) is 5.73 Å². The molecule has 88 valence electrons. The lowest BCUT2D eigenvalue weighted by atomic mass is 10.1. The molecule has 1 atom stereocenters. The number of sulfone groups is 1. The van der Waals surface area contributed by atoms with Crippen molar-refractivity contribution >= 4 is 21.7 Å². The third-order valence-corrected chi connectivity index (χ3v) is 4.47. The largest absolute Gasteiger partial charge is 0.368 e. The SMILES string of the molecule is Nc1nncn1C(=O)C[C@H]1CCS(=O)(=O)C1. The van der Waals surface area contributed by atoms with E-state index in [-0.39, 0.29) is 35.7 Å². The molecular formula is C8H12N4O3S. The van der Waals surface area contributed by atoms with Crippen molar-refractivity contribution in [2.45, 2.75) is 12.8 Å². The average molecular weight is 244 g/mol. The highest BCUT2D eigenvalue weighted by molar-refractivity contribution is 7.91. The number of carbonyl (C=O) groups excluding carboxylic acids is 1. The molecule has 1 aromatic heterocycles. The summed E-state index contributed by atoms with van der Waals surface area (Å²) < 4.78 is 23.6. The first-order valence-electron chi connectivity index (χ1n) is 4.87. The first kappa shape index (κ1) is 11.1. The minimum atomic E-state index is -2.94. The lowest BCUT2D eigenvalue weighted by Crippen LogP contribution is -2.17. The van der Waals surface area contributed by atoms with Crippen LogP contribution in [0.25, 0.3) is 0 Å². The van der Waals surface area contributed by atoms with E-state index >= 15 is 0 Å². The molecule has 2 N–H and O–H groups in total. The fourth-order valence-electron chi connectivity index (χ4n) is 1.81. The number of nitrogens with zero attached hydrogens (tertiary/aromatic N) is 3. The molecular weight excluding hydrogens is 232 g/mol. The second kappa shape index (κ2) is 3.85. The number of hydrogen-bond acceptors (Lipinski definition) is 6. The maximum atomic E-state index is 11.7. The van der Waals surface area contributed by atoms with Gasteiger partial charge in [-0.25, -0.2) is 13.0 Å². The summed E-state index contributed by atoms with van der Waals surface area (Å²) in [6.45, 7) is 0. The maximum Gasteiger partial charge on any atom is 0.235 e. The van der Waals surface area contributed by atoms with Crippen molar-refractivity contribution in [1.82, 2.24) is 14.8 Å². The maximum absolute atomic E-state index is 11.7. The van der Waals surface area contributed by atoms with Gasteiger partial charge in [-0.3, -0.25) is 4.79 Å². The number of anilines is 1. The Morgan fingerprint density at radius 3 is 2.88 bits per heavy atom. The standard InChI is InChI=1S/C8H12N4O3S/c9-8-11-10-5-12(8)7(13)3-6-1-2-16(14,15)4-6/h5-6H,1-4H2,(H2,9,11)/t6-/m1/s1. The molecule has 16 heavy (non-hydrogen) atoms. The Hall–Kier alpha value is -1.44. The summed E-state index contributed by atoms with van der Waals surface area (Å²) in [5.41, 5.74) is 5.42. The van der Waals surface area contributed by atoms with E-state index in [1.54, 1.807) is 0 Å². The van der Waals surface area contributed by atoms with Gasteiger partial charge in [0, 0.05) is 6.42 Å². The van der Waals surface area contributed by atoms with Crippen molar-refractivity contribution in [2.75, 3.05) is 17.2 Å². The van der Waals surface area contributed by atoms with Crippen molar-refractivity contribution in [3.8, 4) is 0 Å². The molecule has 1 aliphatic rings. The van der Waals surface area contributed by atoms with Crippen LogP contribution in [-0.2, 0) is 9.84 Å². The van der Waals surface area contributed by atoms with Crippen LogP contribution in [0.1, 0.15) is 17.6 Å². The van der Waals surface area contributed by atoms with Crippen LogP contribution < -0.4 is 5.73 Å². The Balaban J connectivity index is 2.02. The lowest BCUT2D eigenvalue weighted by molar-refractivity contribution is 0.0886. The summed E-state index contributed by atoms with van der Waals surface area (Å²) in [7, 11) is -2.94. The normalized spacial score (nSPS) is 23.4. The van der Waals surface area contributed by atoms with E-state index in [0.717, 1.165) is 4.57 Å². The van der Waals surface area contributed by atoms with Crippen molar-refractivity contribution in [3.63, 3.8) is 0 Å². The summed E-state index contributed by atoms with van der Waals surface area (Å²) in [6, 6.07) is 0. The molecule has 7 nitrogen and oxygen atoms in total. The smallest absolute Gasteiger partial charge is 0.235 e. The Kier molecular flexibility index (Phi) is 2.66. The summed E-state index contributed by atoms with van der Waals surface area (Å²) in [6.07, 6.45) is 1.94. The molecule has 2 rings (SSSR count). The van der Waals surface area contributed by atoms with Gasteiger partial charge in [-0.2, -0.15) is 0 Å². The van der Waals surface area contributed by atoms with Gasteiger partial charge in [-0.05, 0) is 12.3 Å². The summed E-state index contributed by atoms with van der Waals surface area (Å²) in [5, 5.41) is 6.99. The zero-order valence-electron chi connectivity index (χ0n) is 8.54. The van der Waals surface area contributed by atoms with Crippen LogP contribution >= 0.6 is 0 Å². The minimum Gasteiger partial charge on any atom is -0.368 e. The van der Waals surface area contributed by atoms with E-state index in [0.29, 0.717) is 6.42 Å². The molecule has 1 fully saturated rings. The topological polar surface area (TPSA) is 108 Å². The van der Waals surface area contributed by atoms with Crippen molar-refractivity contribution in [3.05, 3.63) is 6.33 Å². The molecule has 2 heterocycles. The van der Waals surface area contributed by atoms with Crippen molar-refractivity contribution in [1.29, 1.82) is 0 Å². The number of hydrogen-bond donors (Lipinski definition) is 1. The van der Waals surface area contributed by atoms with Crippen LogP contribution in [-0.4, -0.2) is 40.6 Å². The number of nitrogen functional groups attached to an aromatic ring is 1. The fourth-order valence-corrected chi connectivity index (χ4v) is 3.68. The van der Waals surface area contributed by atoms with Gasteiger partial charge < -0.3 is 5.73 Å². The Labute approximate surface area is 92.6 Å². The minimum absolute atomic E-state index is 0.0332. The molecule has 0 spiro atoms. The summed E-state index contributed by atoms with van der Waals surface area (Å²) >= 11 is 0. The van der Waals surface area contributed by atoms with Crippen LogP contribution in [0, 0.1) is 5.92 Å². The number of aromatic nitrogens is 3. The van der Waals surface area contributed by atoms with Gasteiger partial charge >= 0.3 is 0 Å². The van der Waals surface area contributed by atoms with E-state index in [1.807, 2.05) is 0 Å². The Morgan fingerprint density at radius 2 is 2.38 bits per heavy atom. The molecule has 0 saturated carbocycles. The highest BCUT2D eigenvalue weighted by Gasteiger charge is 2.30. The van der Waals surface area contributed by atoms with Gasteiger partial charge in [0.05, 0.1) is 11.5 Å². The number of nitrogens with two attached hydrogens (primary N) is 1. The van der Waals surface area contributed by atoms with Gasteiger partial charge in [0.25, 0.3) is 0 Å². The van der Waals surface area contributed by atoms with Crippen LogP contribution in [0.4, 0.5) is 5.95 Å². The van der Waals surface area contributed by atoms with Gasteiger partial charge in [0.15, 0.2) is 9.84 Å². The Bertz CT molecular complexity index is 507. The zero-order valence-corrected chi connectivity index (χ0v) is 9.35. The predicted octanol–water partition coefficient (Wildman–Crippen LogP) is -0.675. The molecule has 0 radical (unpaired) electrons. The van der Waals surface area contributed by atoms with Crippen LogP contribution in [0.15, 0.2) is 6.33 Å². The number of carbonyl (C=O) groups is 1. The molecule has 1 aromatic rings. The van der Waals surface area contributed by atoms with E-state index in [1.165, 1.54) is 6.33 Å². The molecule has 1 aliphatic heterocycles. The van der Waals surface area contributed by atoms with Crippen molar-refractivity contribution < 1.29 is 13.2 Å². The monoisotopic (exact) mass is 244 g/mol. The van der Waals surface area contributed by atoms with E-state index < -0.39 is 9.84 Å². The third kappa shape index (κ3) is 2.21. The molecule has 0 aromatic carbocycles. The Morgan fingerprint density at radius 1 is 1.62 bits per heavy atom. The van der Waals surface area contributed by atoms with Crippen LogP contribution in [0.2, 0.25) is 0 Å². The highest BCUT2D eigenvalue weighted by Crippen LogP contribution is 2.22. The highest BCUT2D eigenvalue weighted by atomic mass is 32.2. The van der Waals surface area contributed by atoms with Crippen molar-refractivity contribution in [2.24, 2.45) is 5.92 Å². The third-order valence-electron chi connectivity index (χ3n) is 2.63. The lowest BCUT2D eigenvalue weighted by Gasteiger charge is -2.06. The van der Waals surface area contributed by atoms with Crippen LogP contribution in [0.3, 0.4) is 0 Å². The molecule has 1 saturated heterocycles. The second-order valence-corrected chi connectivity index (χ2v) is 6.15. The van der Waals surface area contributed by atoms with E-state index in [9.17, 15) is 13.2 Å². The molecule has 0 aliphatic carbocycles. The second-order valence-electron chi connectivity index (χ2n) is 3.93. The van der Waals surface area contributed by atoms with E-state index in [2.05, 4.69) is 10.2 Å². The number of rotatable bonds is 2. The van der Waals surface area contributed by atoms with Gasteiger partial charge in [0.2, 0.25) is 11.9 Å². The first-order chi connectivity index (χ1) is 7.48. The van der Waals surface area contributed by atoms with Crippen LogP contribution in [0.5, 0.6) is 0 Å². The molecule has 0 bridgehead atoms. The van der Waals surface area contributed by atoms with Gasteiger partial charge in [-0.15, -0.1) is 10.2 Å².